The van der Waals surface area contributed by atoms with Crippen LogP contribution in [0, 0.1) is 0 Å². The minimum absolute atomic E-state index is 0.000912. The van der Waals surface area contributed by atoms with E-state index in [0.29, 0.717) is 25.0 Å². The predicted molar refractivity (Wildman–Crippen MR) is 85.8 cm³/mol. The highest BCUT2D eigenvalue weighted by molar-refractivity contribution is 6.04. The molecule has 152 valence electrons. The van der Waals surface area contributed by atoms with Gasteiger partial charge >= 0.3 is 12.4 Å². The van der Waals surface area contributed by atoms with Crippen molar-refractivity contribution in [1.82, 2.24) is 0 Å². The Kier molecular flexibility index (Phi) is 4.95. The van der Waals surface area contributed by atoms with Gasteiger partial charge in [0.2, 0.25) is 0 Å². The molecule has 0 bridgehead atoms. The normalized spacial score (nSPS) is 15.9. The van der Waals surface area contributed by atoms with Crippen molar-refractivity contribution in [3.05, 3.63) is 53.5 Å². The summed E-state index contributed by atoms with van der Waals surface area (Å²) in [6, 6.07) is 5.12. The van der Waals surface area contributed by atoms with Crippen molar-refractivity contribution in [2.45, 2.75) is 37.2 Å². The highest BCUT2D eigenvalue weighted by Gasteiger charge is 2.71. The van der Waals surface area contributed by atoms with Crippen molar-refractivity contribution in [2.75, 3.05) is 11.4 Å². The third-order valence-corrected chi connectivity index (χ3v) is 4.66. The van der Waals surface area contributed by atoms with Crippen LogP contribution in [0.3, 0.4) is 0 Å². The van der Waals surface area contributed by atoms with Crippen molar-refractivity contribution < 1.29 is 40.7 Å². The first kappa shape index (κ1) is 20.2. The maximum atomic E-state index is 13.1. The quantitative estimate of drug-likeness (QED) is 0.742. The lowest BCUT2D eigenvalue weighted by atomic mass is 9.89. The van der Waals surface area contributed by atoms with E-state index >= 15 is 0 Å². The molecule has 0 radical (unpaired) electrons. The summed E-state index contributed by atoms with van der Waals surface area (Å²) < 4.78 is 83.9. The Morgan fingerprint density at radius 2 is 1.71 bits per heavy atom. The first-order valence-corrected chi connectivity index (χ1v) is 8.31. The van der Waals surface area contributed by atoms with Crippen molar-refractivity contribution in [3.63, 3.8) is 0 Å². The molecule has 28 heavy (non-hydrogen) atoms. The summed E-state index contributed by atoms with van der Waals surface area (Å²) in [5.41, 5.74) is -6.04. The smallest absolute Gasteiger partial charge is 0.430 e. The summed E-state index contributed by atoms with van der Waals surface area (Å²) >= 11 is 0. The van der Waals surface area contributed by atoms with Gasteiger partial charge in [0.25, 0.3) is 11.5 Å². The monoisotopic (exact) mass is 407 g/mol. The van der Waals surface area contributed by atoms with Crippen LogP contribution >= 0.6 is 0 Å². The Morgan fingerprint density at radius 3 is 2.29 bits per heavy atom. The number of anilines is 1. The van der Waals surface area contributed by atoms with E-state index in [9.17, 15) is 36.2 Å². The maximum Gasteiger partial charge on any atom is 0.430 e. The number of carbonyl (C=O) groups excluding carboxylic acids is 1. The second-order valence-corrected chi connectivity index (χ2v) is 6.44. The second-order valence-electron chi connectivity index (χ2n) is 6.44. The van der Waals surface area contributed by atoms with Gasteiger partial charge in [0.05, 0.1) is 6.26 Å². The predicted octanol–water partition coefficient (Wildman–Crippen LogP) is 4.57. The number of fused-ring (bicyclic) bond motifs is 1. The highest BCUT2D eigenvalue weighted by Crippen LogP contribution is 2.50. The number of hydrogen-bond donors (Lipinski definition) is 1. The number of furan rings is 1. The van der Waals surface area contributed by atoms with Crippen LogP contribution in [0.5, 0.6) is 0 Å². The summed E-state index contributed by atoms with van der Waals surface area (Å²) in [7, 11) is 0. The molecule has 1 amide bonds. The average Bonchev–Trinajstić information content (AvgIpc) is 3.05. The maximum absolute atomic E-state index is 13.1. The van der Waals surface area contributed by atoms with Gasteiger partial charge in [-0.1, -0.05) is 12.1 Å². The van der Waals surface area contributed by atoms with Crippen molar-refractivity contribution in [1.29, 1.82) is 0 Å². The first-order chi connectivity index (χ1) is 13.0. The lowest BCUT2D eigenvalue weighted by Gasteiger charge is -2.33. The van der Waals surface area contributed by atoms with Crippen LogP contribution < -0.4 is 4.90 Å². The molecule has 1 aliphatic heterocycles. The van der Waals surface area contributed by atoms with E-state index < -0.39 is 29.4 Å². The van der Waals surface area contributed by atoms with E-state index in [0.717, 1.165) is 6.07 Å². The number of nitrogens with zero attached hydrogens (tertiary/aromatic N) is 1. The SMILES string of the molecule is O=C(c1ccco1)N1CCCCc2cc(C(O)(C(F)(F)F)C(F)(F)F)ccc21. The molecule has 0 fully saturated rings. The molecule has 2 heterocycles. The van der Waals surface area contributed by atoms with Crippen LogP contribution in [0.25, 0.3) is 0 Å². The minimum atomic E-state index is -5.96. The number of aliphatic hydroxyl groups is 1. The van der Waals surface area contributed by atoms with Crippen molar-refractivity contribution in [3.8, 4) is 0 Å². The zero-order valence-electron chi connectivity index (χ0n) is 14.3. The Morgan fingerprint density at radius 1 is 1.04 bits per heavy atom. The average molecular weight is 407 g/mol. The number of hydrogen-bond acceptors (Lipinski definition) is 3. The fraction of sp³-hybridized carbons (Fsp3) is 0.389. The Hall–Kier alpha value is -2.49. The van der Waals surface area contributed by atoms with E-state index in [1.165, 1.54) is 23.3 Å². The summed E-state index contributed by atoms with van der Waals surface area (Å²) in [6.07, 6.45) is -9.53. The molecule has 0 saturated carbocycles. The highest BCUT2D eigenvalue weighted by atomic mass is 19.4. The third kappa shape index (κ3) is 3.25. The van der Waals surface area contributed by atoms with Crippen LogP contribution in [0.4, 0.5) is 32.0 Å². The van der Waals surface area contributed by atoms with Crippen LogP contribution in [0.2, 0.25) is 0 Å². The molecular weight excluding hydrogens is 392 g/mol. The molecule has 0 aliphatic carbocycles. The fourth-order valence-electron chi connectivity index (χ4n) is 3.21. The Labute approximate surface area is 155 Å². The minimum Gasteiger partial charge on any atom is -0.459 e. The molecule has 0 atom stereocenters. The van der Waals surface area contributed by atoms with Crippen LogP contribution in [0.1, 0.15) is 34.5 Å². The van der Waals surface area contributed by atoms with Crippen LogP contribution in [-0.4, -0.2) is 29.9 Å². The number of benzene rings is 1. The van der Waals surface area contributed by atoms with Gasteiger partial charge in [-0.05, 0) is 43.0 Å². The molecule has 2 aromatic rings. The summed E-state index contributed by atoms with van der Waals surface area (Å²) in [4.78, 5) is 13.9. The fourth-order valence-corrected chi connectivity index (χ4v) is 3.21. The number of rotatable bonds is 2. The Balaban J connectivity index is 2.09. The van der Waals surface area contributed by atoms with Gasteiger partial charge in [-0.3, -0.25) is 4.79 Å². The molecule has 1 aliphatic rings. The lowest BCUT2D eigenvalue weighted by molar-refractivity contribution is -0.376. The topological polar surface area (TPSA) is 53.7 Å². The molecule has 0 saturated heterocycles. The van der Waals surface area contributed by atoms with Crippen LogP contribution in [-0.2, 0) is 12.0 Å². The van der Waals surface area contributed by atoms with E-state index in [1.54, 1.807) is 0 Å². The Bertz CT molecular complexity index is 843. The molecule has 10 heteroatoms. The van der Waals surface area contributed by atoms with Gasteiger partial charge in [-0.25, -0.2) is 0 Å². The van der Waals surface area contributed by atoms with Crippen molar-refractivity contribution in [2.24, 2.45) is 0 Å². The van der Waals surface area contributed by atoms with Gasteiger partial charge in [0.15, 0.2) is 5.76 Å². The van der Waals surface area contributed by atoms with Gasteiger partial charge < -0.3 is 14.4 Å². The molecule has 3 rings (SSSR count). The number of alkyl halides is 6. The lowest BCUT2D eigenvalue weighted by Crippen LogP contribution is -2.54. The number of halogens is 6. The zero-order valence-corrected chi connectivity index (χ0v) is 14.3. The van der Waals surface area contributed by atoms with E-state index in [4.69, 9.17) is 4.42 Å². The molecule has 0 spiro atoms. The van der Waals surface area contributed by atoms with Crippen molar-refractivity contribution >= 4 is 11.6 Å². The van der Waals surface area contributed by atoms with Gasteiger partial charge in [0, 0.05) is 17.8 Å². The third-order valence-electron chi connectivity index (χ3n) is 4.66. The van der Waals surface area contributed by atoms with Gasteiger partial charge in [0.1, 0.15) is 0 Å². The molecule has 0 unspecified atom stereocenters. The molecule has 1 N–H and O–H groups in total. The number of aryl methyl sites for hydroxylation is 1. The summed E-state index contributed by atoms with van der Waals surface area (Å²) in [6.45, 7) is 0.231. The molecule has 4 nitrogen and oxygen atoms in total. The standard InChI is InChI=1S/C18H15F6NO3/c19-17(20,21)16(27,18(22,23)24)12-6-7-13-11(10-12)4-1-2-8-25(13)15(26)14-5-3-9-28-14/h3,5-7,9-10,27H,1-2,4,8H2. The molecule has 1 aromatic heterocycles. The number of amides is 1. The second kappa shape index (κ2) is 6.84. The van der Waals surface area contributed by atoms with Crippen LogP contribution in [0.15, 0.2) is 41.0 Å². The van der Waals surface area contributed by atoms with Gasteiger partial charge in [-0.2, -0.15) is 26.3 Å². The zero-order chi connectivity index (χ0) is 20.7. The van der Waals surface area contributed by atoms with Gasteiger partial charge in [-0.15, -0.1) is 0 Å². The summed E-state index contributed by atoms with van der Waals surface area (Å²) in [5.74, 6) is -0.554. The van der Waals surface area contributed by atoms with E-state index in [2.05, 4.69) is 0 Å². The van der Waals surface area contributed by atoms with E-state index in [-0.39, 0.29) is 30.0 Å². The largest absolute Gasteiger partial charge is 0.459 e. The summed E-state index contributed by atoms with van der Waals surface area (Å²) in [5, 5.41) is 9.61. The van der Waals surface area contributed by atoms with E-state index in [1.807, 2.05) is 0 Å². The molecule has 1 aromatic carbocycles. The molecular formula is C18H15F6NO3. The first-order valence-electron chi connectivity index (χ1n) is 8.31. The number of carbonyl (C=O) groups is 1.